The molecule has 198 valence electrons. The van der Waals surface area contributed by atoms with Gasteiger partial charge in [0.25, 0.3) is 0 Å². The van der Waals surface area contributed by atoms with Crippen molar-refractivity contribution < 1.29 is 15.0 Å². The summed E-state index contributed by atoms with van der Waals surface area (Å²) in [5.41, 5.74) is 5.93. The van der Waals surface area contributed by atoms with Crippen LogP contribution in [0.15, 0.2) is 48.5 Å². The van der Waals surface area contributed by atoms with E-state index in [-0.39, 0.29) is 6.42 Å². The number of nitrogens with zero attached hydrogens (tertiary/aromatic N) is 3. The van der Waals surface area contributed by atoms with Crippen molar-refractivity contribution in [3.8, 4) is 21.7 Å². The first kappa shape index (κ1) is 27.6. The van der Waals surface area contributed by atoms with Crippen molar-refractivity contribution in [3.63, 3.8) is 0 Å². The third-order valence-corrected chi connectivity index (χ3v) is 7.20. The Bertz CT molecular complexity index is 1630. The van der Waals surface area contributed by atoms with E-state index in [4.69, 9.17) is 21.7 Å². The number of fused-ring (bicyclic) bond motifs is 2. The van der Waals surface area contributed by atoms with Gasteiger partial charge in [-0.1, -0.05) is 23.7 Å². The number of anilines is 1. The van der Waals surface area contributed by atoms with E-state index in [2.05, 4.69) is 16.5 Å². The summed E-state index contributed by atoms with van der Waals surface area (Å²) in [6.45, 7) is 7.17. The summed E-state index contributed by atoms with van der Waals surface area (Å²) in [5, 5.41) is 28.3. The Morgan fingerprint density at radius 2 is 1.74 bits per heavy atom. The van der Waals surface area contributed by atoms with Crippen molar-refractivity contribution in [1.29, 1.82) is 0 Å². The average molecular weight is 551 g/mol. The number of hydrogen-bond donors (Lipinski definition) is 3. The molecular weight excluding hydrogens is 520 g/mol. The lowest BCUT2D eigenvalue weighted by atomic mass is 9.93. The van der Waals surface area contributed by atoms with Crippen LogP contribution in [0.3, 0.4) is 0 Å². The summed E-state index contributed by atoms with van der Waals surface area (Å²) in [7, 11) is 3.78. The monoisotopic (exact) mass is 550 g/mol. The van der Waals surface area contributed by atoms with Crippen LogP contribution < -0.4 is 5.32 Å². The maximum Gasteiger partial charge on any atom is 0.307 e. The third kappa shape index (κ3) is 5.99. The molecule has 0 unspecified atom stereocenters. The number of carboxylic acid groups (broad SMARTS) is 1. The van der Waals surface area contributed by atoms with Crippen molar-refractivity contribution in [2.45, 2.75) is 39.7 Å². The number of thiazole rings is 1. The molecule has 0 spiro atoms. The van der Waals surface area contributed by atoms with Crippen LogP contribution in [0.4, 0.5) is 5.82 Å². The van der Waals surface area contributed by atoms with Gasteiger partial charge in [0.1, 0.15) is 5.01 Å². The predicted molar refractivity (Wildman–Crippen MR) is 157 cm³/mol. The number of aliphatic carboxylic acids is 1. The molecule has 0 atom stereocenters. The lowest BCUT2D eigenvalue weighted by molar-refractivity contribution is -0.136. The largest absolute Gasteiger partial charge is 0.481 e. The van der Waals surface area contributed by atoms with Crippen molar-refractivity contribution in [1.82, 2.24) is 14.8 Å². The van der Waals surface area contributed by atoms with Gasteiger partial charge in [-0.3, -0.25) is 9.48 Å². The molecule has 5 rings (SSSR count). The Labute approximate surface area is 230 Å². The predicted octanol–water partition coefficient (Wildman–Crippen LogP) is 6.92. The minimum absolute atomic E-state index is 0.0554. The van der Waals surface area contributed by atoms with Crippen LogP contribution in [0, 0.1) is 6.92 Å². The number of carboxylic acids is 1. The minimum Gasteiger partial charge on any atom is -0.481 e. The van der Waals surface area contributed by atoms with E-state index in [1.165, 1.54) is 0 Å². The maximum atomic E-state index is 11.7. The van der Waals surface area contributed by atoms with E-state index < -0.39 is 11.6 Å². The number of carbonyl (C=O) groups is 1. The zero-order chi connectivity index (χ0) is 27.8. The molecule has 0 saturated carbocycles. The van der Waals surface area contributed by atoms with Gasteiger partial charge in [-0.2, -0.15) is 5.10 Å². The Kier molecular flexibility index (Phi) is 7.78. The standard InChI is InChI=1S/C25H21ClN4O2S.C4H10O/c1-13-10-19-23(22(17(13)12-21(31)32)14-4-7-16(26)8-5-14)33-25(28-19)15-6-9-20-18(11-15)24(27-2)29-30(20)3;1-4(2,3)5/h4-11H,12H2,1-3H3,(H,27,29)(H,31,32);5H,1-3H3. The lowest BCUT2D eigenvalue weighted by Gasteiger charge is -2.13. The molecule has 0 saturated heterocycles. The smallest absolute Gasteiger partial charge is 0.307 e. The molecule has 2 aromatic heterocycles. The zero-order valence-electron chi connectivity index (χ0n) is 22.3. The van der Waals surface area contributed by atoms with Gasteiger partial charge >= 0.3 is 5.97 Å². The summed E-state index contributed by atoms with van der Waals surface area (Å²) < 4.78 is 2.82. The van der Waals surface area contributed by atoms with E-state index in [0.717, 1.165) is 59.8 Å². The number of hydrogen-bond acceptors (Lipinski definition) is 6. The molecule has 5 aromatic rings. The highest BCUT2D eigenvalue weighted by atomic mass is 35.5. The molecule has 0 fully saturated rings. The molecule has 0 aliphatic rings. The first-order valence-corrected chi connectivity index (χ1v) is 13.3. The van der Waals surface area contributed by atoms with E-state index in [1.807, 2.05) is 68.2 Å². The normalized spacial score (nSPS) is 11.5. The molecule has 9 heteroatoms. The van der Waals surface area contributed by atoms with Crippen molar-refractivity contribution in [2.24, 2.45) is 7.05 Å². The van der Waals surface area contributed by atoms with Gasteiger partial charge in [-0.05, 0) is 80.8 Å². The number of aryl methyl sites for hydroxylation is 2. The molecule has 0 amide bonds. The van der Waals surface area contributed by atoms with Gasteiger partial charge in [0.15, 0.2) is 5.82 Å². The van der Waals surface area contributed by atoms with E-state index in [9.17, 15) is 9.90 Å². The molecule has 0 aliphatic carbocycles. The molecule has 2 heterocycles. The van der Waals surface area contributed by atoms with Crippen LogP contribution >= 0.6 is 22.9 Å². The molecular formula is C29H31ClN4O3S. The Morgan fingerprint density at radius 1 is 1.11 bits per heavy atom. The zero-order valence-corrected chi connectivity index (χ0v) is 23.8. The summed E-state index contributed by atoms with van der Waals surface area (Å²) in [6.07, 6.45) is -0.0554. The first-order valence-electron chi connectivity index (χ1n) is 12.1. The first-order chi connectivity index (χ1) is 17.9. The molecule has 7 nitrogen and oxygen atoms in total. The van der Waals surface area contributed by atoms with Gasteiger partial charge in [0.05, 0.1) is 27.8 Å². The second-order valence-corrected chi connectivity index (χ2v) is 11.6. The fourth-order valence-corrected chi connectivity index (χ4v) is 5.50. The van der Waals surface area contributed by atoms with Gasteiger partial charge in [-0.25, -0.2) is 4.98 Å². The number of benzene rings is 3. The molecule has 0 radical (unpaired) electrons. The van der Waals surface area contributed by atoms with Crippen molar-refractivity contribution >= 4 is 55.8 Å². The third-order valence-electron chi connectivity index (χ3n) is 5.81. The number of nitrogens with one attached hydrogen (secondary N) is 1. The summed E-state index contributed by atoms with van der Waals surface area (Å²) in [4.78, 5) is 16.6. The van der Waals surface area contributed by atoms with Crippen LogP contribution in [0.25, 0.3) is 42.8 Å². The Hall–Kier alpha value is -3.46. The Morgan fingerprint density at radius 3 is 2.34 bits per heavy atom. The number of aliphatic hydroxyl groups is 1. The van der Waals surface area contributed by atoms with E-state index >= 15 is 0 Å². The molecule has 0 aliphatic heterocycles. The molecule has 3 N–H and O–H groups in total. The highest BCUT2D eigenvalue weighted by molar-refractivity contribution is 7.22. The van der Waals surface area contributed by atoms with Crippen molar-refractivity contribution in [3.05, 3.63) is 64.7 Å². The second kappa shape index (κ2) is 10.7. The number of rotatable bonds is 5. The van der Waals surface area contributed by atoms with Gasteiger partial charge < -0.3 is 15.5 Å². The fourth-order valence-electron chi connectivity index (χ4n) is 4.24. The number of halogens is 1. The topological polar surface area (TPSA) is 100 Å². The number of aromatic nitrogens is 3. The van der Waals surface area contributed by atoms with Crippen molar-refractivity contribution in [2.75, 3.05) is 12.4 Å². The van der Waals surface area contributed by atoms with Gasteiger partial charge in [0.2, 0.25) is 0 Å². The lowest BCUT2D eigenvalue weighted by Crippen LogP contribution is -2.10. The van der Waals surface area contributed by atoms with Gasteiger partial charge in [0, 0.05) is 35.6 Å². The van der Waals surface area contributed by atoms with E-state index in [1.54, 1.807) is 32.1 Å². The Balaban J connectivity index is 0.000000617. The van der Waals surface area contributed by atoms with Crippen LogP contribution in [-0.2, 0) is 18.3 Å². The molecule has 0 bridgehead atoms. The van der Waals surface area contributed by atoms with Crippen LogP contribution in [-0.4, -0.2) is 43.6 Å². The van der Waals surface area contributed by atoms with E-state index in [0.29, 0.717) is 5.02 Å². The second-order valence-electron chi connectivity index (χ2n) is 10.1. The highest BCUT2D eigenvalue weighted by Crippen LogP contribution is 2.41. The summed E-state index contributed by atoms with van der Waals surface area (Å²) >= 11 is 7.69. The summed E-state index contributed by atoms with van der Waals surface area (Å²) in [5.74, 6) is -0.0454. The molecule has 3 aromatic carbocycles. The highest BCUT2D eigenvalue weighted by Gasteiger charge is 2.20. The molecule has 38 heavy (non-hydrogen) atoms. The minimum atomic E-state index is -0.862. The van der Waals surface area contributed by atoms with Crippen LogP contribution in [0.1, 0.15) is 31.9 Å². The summed E-state index contributed by atoms with van der Waals surface area (Å²) in [6, 6.07) is 15.7. The van der Waals surface area contributed by atoms with Crippen LogP contribution in [0.5, 0.6) is 0 Å². The fraction of sp³-hybridized carbons (Fsp3) is 0.276. The van der Waals surface area contributed by atoms with Gasteiger partial charge in [-0.15, -0.1) is 11.3 Å². The quantitative estimate of drug-likeness (QED) is 0.219. The average Bonchev–Trinajstić information content (AvgIpc) is 3.39. The maximum absolute atomic E-state index is 11.7. The SMILES string of the molecule is CC(C)(C)O.CNc1nn(C)c2ccc(-c3nc4cc(C)c(CC(=O)O)c(-c5ccc(Cl)cc5)c4s3)cc12. The van der Waals surface area contributed by atoms with Crippen LogP contribution in [0.2, 0.25) is 5.02 Å².